The first kappa shape index (κ1) is 14.8. The average molecular weight is 321 g/mol. The number of carbonyl (C=O) groups excluding carboxylic acids is 1. The third-order valence-electron chi connectivity index (χ3n) is 4.68. The molecule has 0 unspecified atom stereocenters. The zero-order valence-corrected chi connectivity index (χ0v) is 13.8. The number of fused-ring (bicyclic) bond motifs is 3. The summed E-state index contributed by atoms with van der Waals surface area (Å²) in [5.41, 5.74) is 4.08. The topological polar surface area (TPSA) is 58.2 Å². The van der Waals surface area contributed by atoms with Crippen molar-refractivity contribution in [1.29, 1.82) is 0 Å². The summed E-state index contributed by atoms with van der Waals surface area (Å²) >= 11 is 0. The van der Waals surface area contributed by atoms with Gasteiger partial charge >= 0.3 is 0 Å². The van der Waals surface area contributed by atoms with Gasteiger partial charge in [-0.15, -0.1) is 0 Å². The lowest BCUT2D eigenvalue weighted by molar-refractivity contribution is -0.133. The van der Waals surface area contributed by atoms with Gasteiger partial charge in [0.25, 0.3) is 5.91 Å². The molecule has 3 aromatic rings. The Morgan fingerprint density at radius 2 is 2.04 bits per heavy atom. The fraction of sp³-hybridized carbons (Fsp3) is 0.263. The van der Waals surface area contributed by atoms with Gasteiger partial charge in [-0.1, -0.05) is 30.3 Å². The fourth-order valence-corrected chi connectivity index (χ4v) is 3.27. The van der Waals surface area contributed by atoms with Crippen LogP contribution in [-0.2, 0) is 17.9 Å². The second-order valence-electron chi connectivity index (χ2n) is 6.21. The lowest BCUT2D eigenvalue weighted by Crippen LogP contribution is -2.32. The molecule has 5 nitrogen and oxygen atoms in total. The molecule has 5 heteroatoms. The molecule has 2 heterocycles. The molecule has 1 aliphatic heterocycles. The Bertz CT molecular complexity index is 910. The van der Waals surface area contributed by atoms with Crippen molar-refractivity contribution < 1.29 is 9.53 Å². The monoisotopic (exact) mass is 321 g/mol. The highest BCUT2D eigenvalue weighted by Gasteiger charge is 2.24. The van der Waals surface area contributed by atoms with Crippen LogP contribution in [0.1, 0.15) is 22.5 Å². The van der Waals surface area contributed by atoms with Crippen LogP contribution in [0, 0.1) is 13.8 Å². The smallest absolute Gasteiger partial charge is 0.261 e. The number of ether oxygens (including phenoxy) is 1. The largest absolute Gasteiger partial charge is 0.483 e. The number of H-pyrrole nitrogens is 1. The molecule has 1 N–H and O–H groups in total. The fourth-order valence-electron chi connectivity index (χ4n) is 3.27. The van der Waals surface area contributed by atoms with Gasteiger partial charge in [-0.05, 0) is 30.7 Å². The molecule has 2 aromatic carbocycles. The Kier molecular flexibility index (Phi) is 3.49. The number of amides is 1. The Morgan fingerprint density at radius 1 is 1.21 bits per heavy atom. The number of hydrogen-bond acceptors (Lipinski definition) is 3. The van der Waals surface area contributed by atoms with Crippen LogP contribution in [0.5, 0.6) is 5.75 Å². The number of benzene rings is 2. The number of aryl methyl sites for hydroxylation is 2. The molecular formula is C19H19N3O2. The van der Waals surface area contributed by atoms with Crippen LogP contribution < -0.4 is 4.74 Å². The van der Waals surface area contributed by atoms with Gasteiger partial charge in [-0.3, -0.25) is 9.89 Å². The van der Waals surface area contributed by atoms with Gasteiger partial charge in [0.05, 0.1) is 12.2 Å². The molecule has 1 aliphatic rings. The van der Waals surface area contributed by atoms with Crippen molar-refractivity contribution in [2.24, 2.45) is 0 Å². The predicted molar refractivity (Wildman–Crippen MR) is 91.8 cm³/mol. The molecule has 1 aromatic heterocycles. The van der Waals surface area contributed by atoms with E-state index in [0.717, 1.165) is 39.0 Å². The van der Waals surface area contributed by atoms with Gasteiger partial charge in [-0.25, -0.2) is 0 Å². The predicted octanol–water partition coefficient (Wildman–Crippen LogP) is 3.10. The second kappa shape index (κ2) is 5.67. The molecule has 0 aliphatic carbocycles. The number of hydrogen-bond donors (Lipinski definition) is 1. The zero-order valence-electron chi connectivity index (χ0n) is 13.8. The SMILES string of the molecule is Cc1n[nH]c(C)c1CN1Cc2c(ccc3ccccc23)OCC1=O. The van der Waals surface area contributed by atoms with E-state index >= 15 is 0 Å². The van der Waals surface area contributed by atoms with Crippen molar-refractivity contribution in [3.63, 3.8) is 0 Å². The highest BCUT2D eigenvalue weighted by Crippen LogP contribution is 2.31. The summed E-state index contributed by atoms with van der Waals surface area (Å²) in [6.07, 6.45) is 0. The van der Waals surface area contributed by atoms with Crippen molar-refractivity contribution in [2.45, 2.75) is 26.9 Å². The molecule has 0 bridgehead atoms. The molecule has 0 saturated carbocycles. The number of rotatable bonds is 2. The summed E-state index contributed by atoms with van der Waals surface area (Å²) in [5, 5.41) is 9.51. The molecule has 24 heavy (non-hydrogen) atoms. The van der Waals surface area contributed by atoms with E-state index in [0.29, 0.717) is 13.1 Å². The molecule has 0 saturated heterocycles. The van der Waals surface area contributed by atoms with Crippen LogP contribution in [0.2, 0.25) is 0 Å². The van der Waals surface area contributed by atoms with Crippen LogP contribution >= 0.6 is 0 Å². The quantitative estimate of drug-likeness (QED) is 0.789. The summed E-state index contributed by atoms with van der Waals surface area (Å²) in [5.74, 6) is 0.792. The van der Waals surface area contributed by atoms with E-state index in [1.807, 2.05) is 43.0 Å². The van der Waals surface area contributed by atoms with Gasteiger partial charge in [0, 0.05) is 23.4 Å². The number of aromatic amines is 1. The van der Waals surface area contributed by atoms with Crippen molar-refractivity contribution in [1.82, 2.24) is 15.1 Å². The first-order valence-electron chi connectivity index (χ1n) is 8.05. The summed E-state index contributed by atoms with van der Waals surface area (Å²) in [7, 11) is 0. The van der Waals surface area contributed by atoms with Crippen molar-refractivity contribution in [3.8, 4) is 5.75 Å². The van der Waals surface area contributed by atoms with E-state index in [4.69, 9.17) is 4.74 Å². The Labute approximate surface area is 140 Å². The van der Waals surface area contributed by atoms with Crippen LogP contribution in [0.4, 0.5) is 0 Å². The van der Waals surface area contributed by atoms with Crippen molar-refractivity contribution >= 4 is 16.7 Å². The molecule has 1 amide bonds. The maximum Gasteiger partial charge on any atom is 0.261 e. The lowest BCUT2D eigenvalue weighted by atomic mass is 10.0. The third kappa shape index (κ3) is 2.42. The highest BCUT2D eigenvalue weighted by molar-refractivity contribution is 5.89. The number of nitrogens with zero attached hydrogens (tertiary/aromatic N) is 2. The van der Waals surface area contributed by atoms with E-state index < -0.39 is 0 Å². The van der Waals surface area contributed by atoms with Gasteiger partial charge in [-0.2, -0.15) is 5.10 Å². The van der Waals surface area contributed by atoms with Crippen molar-refractivity contribution in [2.75, 3.05) is 6.61 Å². The minimum absolute atomic E-state index is 0.00437. The summed E-state index contributed by atoms with van der Waals surface area (Å²) in [4.78, 5) is 14.4. The number of nitrogens with one attached hydrogen (secondary N) is 1. The standard InChI is InChI=1S/C19H19N3O2/c1-12-16(13(2)21-20-12)9-22-10-17-15-6-4-3-5-14(15)7-8-18(17)24-11-19(22)23/h3-8H,9-11H2,1-2H3,(H,20,21). The maximum atomic E-state index is 12.5. The summed E-state index contributed by atoms with van der Waals surface area (Å²) in [6, 6.07) is 12.2. The minimum atomic E-state index is -0.00437. The molecule has 0 atom stereocenters. The van der Waals surface area contributed by atoms with Crippen LogP contribution in [0.25, 0.3) is 10.8 Å². The van der Waals surface area contributed by atoms with Gasteiger partial charge in [0.15, 0.2) is 6.61 Å². The van der Waals surface area contributed by atoms with Crippen LogP contribution in [-0.4, -0.2) is 27.6 Å². The van der Waals surface area contributed by atoms with E-state index in [-0.39, 0.29) is 12.5 Å². The minimum Gasteiger partial charge on any atom is -0.483 e. The molecule has 0 spiro atoms. The third-order valence-corrected chi connectivity index (χ3v) is 4.68. The molecule has 4 rings (SSSR count). The number of aromatic nitrogens is 2. The second-order valence-corrected chi connectivity index (χ2v) is 6.21. The van der Waals surface area contributed by atoms with Crippen LogP contribution in [0.3, 0.4) is 0 Å². The van der Waals surface area contributed by atoms with Crippen LogP contribution in [0.15, 0.2) is 36.4 Å². The first-order valence-corrected chi connectivity index (χ1v) is 8.05. The Hall–Kier alpha value is -2.82. The molecule has 0 radical (unpaired) electrons. The molecule has 122 valence electrons. The Morgan fingerprint density at radius 3 is 2.83 bits per heavy atom. The van der Waals surface area contributed by atoms with Crippen molar-refractivity contribution in [3.05, 3.63) is 58.9 Å². The first-order chi connectivity index (χ1) is 11.6. The zero-order chi connectivity index (χ0) is 16.7. The molecule has 0 fully saturated rings. The van der Waals surface area contributed by atoms with E-state index in [2.05, 4.69) is 22.3 Å². The van der Waals surface area contributed by atoms with E-state index in [1.54, 1.807) is 0 Å². The summed E-state index contributed by atoms with van der Waals surface area (Å²) < 4.78 is 5.76. The summed E-state index contributed by atoms with van der Waals surface area (Å²) in [6.45, 7) is 5.10. The number of carbonyl (C=O) groups is 1. The highest BCUT2D eigenvalue weighted by atomic mass is 16.5. The van der Waals surface area contributed by atoms with Gasteiger partial charge < -0.3 is 9.64 Å². The normalized spacial score (nSPS) is 14.4. The maximum absolute atomic E-state index is 12.5. The molecular weight excluding hydrogens is 302 g/mol. The van der Waals surface area contributed by atoms with E-state index in [9.17, 15) is 4.79 Å². The lowest BCUT2D eigenvalue weighted by Gasteiger charge is -2.21. The van der Waals surface area contributed by atoms with E-state index in [1.165, 1.54) is 0 Å². The average Bonchev–Trinajstić information content (AvgIpc) is 2.81. The van der Waals surface area contributed by atoms with Gasteiger partial charge in [0.2, 0.25) is 0 Å². The Balaban J connectivity index is 1.75. The van der Waals surface area contributed by atoms with Gasteiger partial charge in [0.1, 0.15) is 5.75 Å².